The summed E-state index contributed by atoms with van der Waals surface area (Å²) in [4.78, 5) is 4.56. The number of rotatable bonds is 2. The largest absolute Gasteiger partial charge is 0.389 e. The number of aromatic nitrogens is 1. The molecule has 2 aliphatic rings. The highest BCUT2D eigenvalue weighted by Gasteiger charge is 2.51. The van der Waals surface area contributed by atoms with Crippen LogP contribution in [0.3, 0.4) is 0 Å². The van der Waals surface area contributed by atoms with E-state index in [2.05, 4.69) is 18.0 Å². The predicted molar refractivity (Wildman–Crippen MR) is 72.2 cm³/mol. The Morgan fingerprint density at radius 2 is 2.17 bits per heavy atom. The van der Waals surface area contributed by atoms with Crippen molar-refractivity contribution in [1.82, 2.24) is 4.98 Å². The maximum absolute atomic E-state index is 11.0. The monoisotopic (exact) mass is 245 g/mol. The summed E-state index contributed by atoms with van der Waals surface area (Å²) in [5.41, 5.74) is 1.61. The molecule has 2 saturated carbocycles. The predicted octanol–water partition coefficient (Wildman–Crippen LogP) is 3.12. The Morgan fingerprint density at radius 1 is 1.33 bits per heavy atom. The van der Waals surface area contributed by atoms with Crippen LogP contribution in [0.2, 0.25) is 0 Å². The second-order valence-corrected chi connectivity index (χ2v) is 6.41. The van der Waals surface area contributed by atoms with Crippen molar-refractivity contribution in [2.45, 2.75) is 51.6 Å². The third-order valence-corrected chi connectivity index (χ3v) is 5.21. The lowest BCUT2D eigenvalue weighted by Gasteiger charge is -2.29. The Labute approximate surface area is 109 Å². The zero-order valence-corrected chi connectivity index (χ0v) is 11.4. The zero-order valence-electron chi connectivity index (χ0n) is 11.4. The lowest BCUT2D eigenvalue weighted by Crippen LogP contribution is -2.36. The molecule has 0 unspecified atom stereocenters. The first-order chi connectivity index (χ1) is 8.58. The molecule has 2 heteroatoms. The van der Waals surface area contributed by atoms with Crippen LogP contribution in [0.5, 0.6) is 0 Å². The average Bonchev–Trinajstić information content (AvgIpc) is 2.83. The van der Waals surface area contributed by atoms with Gasteiger partial charge >= 0.3 is 0 Å². The number of aryl methyl sites for hydroxylation is 1. The summed E-state index contributed by atoms with van der Waals surface area (Å²) in [7, 11) is 0. The molecule has 4 atom stereocenters. The maximum Gasteiger partial charge on any atom is 0.0733 e. The minimum absolute atomic E-state index is 0.490. The first-order valence-corrected chi connectivity index (χ1v) is 7.23. The van der Waals surface area contributed by atoms with E-state index in [1.165, 1.54) is 19.3 Å². The van der Waals surface area contributed by atoms with Gasteiger partial charge in [-0.2, -0.15) is 0 Å². The van der Waals surface area contributed by atoms with E-state index in [4.69, 9.17) is 0 Å². The third kappa shape index (κ3) is 1.97. The van der Waals surface area contributed by atoms with Crippen molar-refractivity contribution in [1.29, 1.82) is 0 Å². The molecule has 2 aliphatic carbocycles. The summed E-state index contributed by atoms with van der Waals surface area (Å²) >= 11 is 0. The Balaban J connectivity index is 1.80. The molecule has 2 fully saturated rings. The lowest BCUT2D eigenvalue weighted by molar-refractivity contribution is -0.00344. The molecule has 1 aromatic heterocycles. The van der Waals surface area contributed by atoms with Crippen LogP contribution in [0.15, 0.2) is 18.2 Å². The molecule has 2 nitrogen and oxygen atoms in total. The van der Waals surface area contributed by atoms with Gasteiger partial charge in [-0.1, -0.05) is 19.4 Å². The van der Waals surface area contributed by atoms with Crippen LogP contribution < -0.4 is 0 Å². The van der Waals surface area contributed by atoms with Gasteiger partial charge in [-0.05, 0) is 56.1 Å². The second-order valence-electron chi connectivity index (χ2n) is 6.41. The van der Waals surface area contributed by atoms with Crippen molar-refractivity contribution in [3.63, 3.8) is 0 Å². The van der Waals surface area contributed by atoms with Crippen LogP contribution in [-0.4, -0.2) is 15.7 Å². The van der Waals surface area contributed by atoms with E-state index in [-0.39, 0.29) is 0 Å². The molecule has 1 N–H and O–H groups in total. The summed E-state index contributed by atoms with van der Waals surface area (Å²) in [5, 5.41) is 11.0. The van der Waals surface area contributed by atoms with Crippen LogP contribution in [0, 0.1) is 24.7 Å². The number of aliphatic hydroxyl groups is 1. The first kappa shape index (κ1) is 12.2. The fourth-order valence-corrected chi connectivity index (χ4v) is 4.25. The standard InChI is InChI=1S/C16H23NO/c1-11-6-7-15-14(11)8-9-16(15,18)10-13-5-3-4-12(2)17-13/h3-5,11,14-15,18H,6-10H2,1-2H3/t11-,14+,15+,16+/m1/s1. The molecule has 0 spiro atoms. The Hall–Kier alpha value is -0.890. The van der Waals surface area contributed by atoms with Crippen molar-refractivity contribution in [3.05, 3.63) is 29.6 Å². The normalized spacial score (nSPS) is 38.9. The Bertz CT molecular complexity index is 444. The number of pyridine rings is 1. The van der Waals surface area contributed by atoms with Crippen molar-refractivity contribution in [2.24, 2.45) is 17.8 Å². The molecule has 0 aromatic carbocycles. The van der Waals surface area contributed by atoms with Gasteiger partial charge in [0.1, 0.15) is 0 Å². The fourth-order valence-electron chi connectivity index (χ4n) is 4.25. The minimum atomic E-state index is -0.490. The van der Waals surface area contributed by atoms with Gasteiger partial charge in [0.25, 0.3) is 0 Å². The Kier molecular flexibility index (Phi) is 2.93. The van der Waals surface area contributed by atoms with Gasteiger partial charge in [0.15, 0.2) is 0 Å². The van der Waals surface area contributed by atoms with Gasteiger partial charge in [-0.25, -0.2) is 0 Å². The summed E-state index contributed by atoms with van der Waals surface area (Å²) in [6.45, 7) is 4.37. The molecule has 98 valence electrons. The molecular formula is C16H23NO. The number of nitrogens with zero attached hydrogens (tertiary/aromatic N) is 1. The molecule has 1 aromatic rings. The highest BCUT2D eigenvalue weighted by Crippen LogP contribution is 2.53. The van der Waals surface area contributed by atoms with E-state index in [0.717, 1.165) is 36.1 Å². The third-order valence-electron chi connectivity index (χ3n) is 5.21. The van der Waals surface area contributed by atoms with E-state index < -0.39 is 5.60 Å². The number of hydrogen-bond donors (Lipinski definition) is 1. The smallest absolute Gasteiger partial charge is 0.0733 e. The van der Waals surface area contributed by atoms with Gasteiger partial charge in [-0.3, -0.25) is 4.98 Å². The first-order valence-electron chi connectivity index (χ1n) is 7.23. The van der Waals surface area contributed by atoms with Crippen LogP contribution in [-0.2, 0) is 6.42 Å². The lowest BCUT2D eigenvalue weighted by atomic mass is 9.83. The van der Waals surface area contributed by atoms with E-state index in [1.807, 2.05) is 19.1 Å². The highest BCUT2D eigenvalue weighted by molar-refractivity contribution is 5.15. The average molecular weight is 245 g/mol. The van der Waals surface area contributed by atoms with Gasteiger partial charge in [0, 0.05) is 17.8 Å². The van der Waals surface area contributed by atoms with Crippen LogP contribution >= 0.6 is 0 Å². The highest BCUT2D eigenvalue weighted by atomic mass is 16.3. The van der Waals surface area contributed by atoms with E-state index in [1.54, 1.807) is 0 Å². The van der Waals surface area contributed by atoms with Crippen molar-refractivity contribution < 1.29 is 5.11 Å². The van der Waals surface area contributed by atoms with Crippen molar-refractivity contribution in [2.75, 3.05) is 0 Å². The summed E-state index contributed by atoms with van der Waals surface area (Å²) in [6.07, 6.45) is 5.39. The minimum Gasteiger partial charge on any atom is -0.389 e. The molecular weight excluding hydrogens is 222 g/mol. The van der Waals surface area contributed by atoms with Crippen molar-refractivity contribution >= 4 is 0 Å². The second kappa shape index (κ2) is 4.34. The van der Waals surface area contributed by atoms with E-state index in [0.29, 0.717) is 5.92 Å². The number of hydrogen-bond acceptors (Lipinski definition) is 2. The topological polar surface area (TPSA) is 33.1 Å². The Morgan fingerprint density at radius 3 is 2.94 bits per heavy atom. The molecule has 1 heterocycles. The summed E-state index contributed by atoms with van der Waals surface area (Å²) in [5.74, 6) is 2.06. The van der Waals surface area contributed by atoms with Crippen LogP contribution in [0.4, 0.5) is 0 Å². The van der Waals surface area contributed by atoms with Crippen LogP contribution in [0.1, 0.15) is 44.0 Å². The zero-order chi connectivity index (χ0) is 12.8. The maximum atomic E-state index is 11.0. The summed E-state index contributed by atoms with van der Waals surface area (Å²) < 4.78 is 0. The SMILES string of the molecule is Cc1cccc(C[C@@]2(O)CC[C@H]3[C@H](C)CC[C@@H]32)n1. The number of fused-ring (bicyclic) bond motifs is 1. The van der Waals surface area contributed by atoms with E-state index >= 15 is 0 Å². The van der Waals surface area contributed by atoms with Crippen molar-refractivity contribution in [3.8, 4) is 0 Å². The van der Waals surface area contributed by atoms with Gasteiger partial charge in [-0.15, -0.1) is 0 Å². The van der Waals surface area contributed by atoms with Gasteiger partial charge < -0.3 is 5.11 Å². The molecule has 18 heavy (non-hydrogen) atoms. The molecule has 0 aliphatic heterocycles. The van der Waals surface area contributed by atoms with E-state index in [9.17, 15) is 5.11 Å². The quantitative estimate of drug-likeness (QED) is 0.868. The summed E-state index contributed by atoms with van der Waals surface area (Å²) in [6, 6.07) is 6.12. The molecule has 3 rings (SSSR count). The molecule has 0 bridgehead atoms. The molecule has 0 saturated heterocycles. The molecule has 0 radical (unpaired) electrons. The fraction of sp³-hybridized carbons (Fsp3) is 0.688. The van der Waals surface area contributed by atoms with Gasteiger partial charge in [0.05, 0.1) is 5.60 Å². The van der Waals surface area contributed by atoms with Gasteiger partial charge in [0.2, 0.25) is 0 Å². The van der Waals surface area contributed by atoms with Crippen LogP contribution in [0.25, 0.3) is 0 Å². The molecule has 0 amide bonds.